The smallest absolute Gasteiger partial charge is 0.227 e. The highest BCUT2D eigenvalue weighted by atomic mass is 19.1. The van der Waals surface area contributed by atoms with E-state index in [0.29, 0.717) is 25.4 Å². The van der Waals surface area contributed by atoms with Gasteiger partial charge in [-0.05, 0) is 56.1 Å². The summed E-state index contributed by atoms with van der Waals surface area (Å²) in [7, 11) is 0. The first-order chi connectivity index (χ1) is 17.0. The quantitative estimate of drug-likeness (QED) is 0.293. The summed E-state index contributed by atoms with van der Waals surface area (Å²) in [6.07, 6.45) is 1.01. The van der Waals surface area contributed by atoms with Crippen LogP contribution in [0.25, 0.3) is 5.69 Å². The molecule has 0 fully saturated rings. The van der Waals surface area contributed by atoms with Crippen LogP contribution < -0.4 is 4.74 Å². The van der Waals surface area contributed by atoms with Crippen LogP contribution in [0.1, 0.15) is 30.2 Å². The number of halogens is 1. The lowest BCUT2D eigenvalue weighted by Crippen LogP contribution is -2.34. The molecule has 0 saturated carbocycles. The largest absolute Gasteiger partial charge is 0.435 e. The van der Waals surface area contributed by atoms with Gasteiger partial charge in [0.25, 0.3) is 0 Å². The number of aryl methyl sites for hydroxylation is 1. The van der Waals surface area contributed by atoms with Crippen LogP contribution in [0.4, 0.5) is 4.39 Å². The van der Waals surface area contributed by atoms with Gasteiger partial charge in [-0.25, -0.2) is 9.07 Å². The van der Waals surface area contributed by atoms with E-state index in [4.69, 9.17) is 9.84 Å². The Morgan fingerprint density at radius 3 is 2.31 bits per heavy atom. The second-order valence-electron chi connectivity index (χ2n) is 8.73. The first-order valence-corrected chi connectivity index (χ1v) is 12.1. The molecule has 6 heteroatoms. The van der Waals surface area contributed by atoms with E-state index in [9.17, 15) is 9.50 Å². The fraction of sp³-hybridized carbons (Fsp3) is 0.276. The highest BCUT2D eigenvalue weighted by Crippen LogP contribution is 2.32. The molecule has 0 aliphatic heterocycles. The molecule has 1 atom stereocenters. The van der Waals surface area contributed by atoms with Crippen molar-refractivity contribution in [1.82, 2.24) is 14.7 Å². The monoisotopic (exact) mass is 473 g/mol. The Kier molecular flexibility index (Phi) is 8.29. The fourth-order valence-corrected chi connectivity index (χ4v) is 4.22. The van der Waals surface area contributed by atoms with Gasteiger partial charge in [0.2, 0.25) is 5.88 Å². The van der Waals surface area contributed by atoms with Crippen molar-refractivity contribution in [3.8, 4) is 17.3 Å². The third kappa shape index (κ3) is 6.35. The molecule has 35 heavy (non-hydrogen) atoms. The number of para-hydroxylation sites is 2. The molecule has 4 aromatic rings. The molecule has 182 valence electrons. The van der Waals surface area contributed by atoms with E-state index in [-0.39, 0.29) is 5.75 Å². The van der Waals surface area contributed by atoms with E-state index < -0.39 is 11.9 Å². The van der Waals surface area contributed by atoms with Crippen LogP contribution in [0.5, 0.6) is 11.6 Å². The first-order valence-electron chi connectivity index (χ1n) is 12.1. The second kappa shape index (κ2) is 11.8. The SMILES string of the molecule is CCCN(Cc1c(C)nn(-c2ccccc2)c1Oc1ccccc1F)C[C@@H](O)Cc1ccccc1. The third-order valence-electron chi connectivity index (χ3n) is 5.89. The molecule has 1 N–H and O–H groups in total. The van der Waals surface area contributed by atoms with Crippen LogP contribution in [0.3, 0.4) is 0 Å². The second-order valence-corrected chi connectivity index (χ2v) is 8.73. The zero-order chi connectivity index (χ0) is 24.6. The van der Waals surface area contributed by atoms with Crippen LogP contribution >= 0.6 is 0 Å². The summed E-state index contributed by atoms with van der Waals surface area (Å²) in [6.45, 7) is 5.90. The molecule has 0 aliphatic rings. The molecule has 0 radical (unpaired) electrons. The zero-order valence-electron chi connectivity index (χ0n) is 20.3. The lowest BCUT2D eigenvalue weighted by molar-refractivity contribution is 0.108. The topological polar surface area (TPSA) is 50.5 Å². The molecule has 0 spiro atoms. The molecule has 0 saturated heterocycles. The molecule has 1 aromatic heterocycles. The number of ether oxygens (including phenoxy) is 1. The van der Waals surface area contributed by atoms with Crippen molar-refractivity contribution in [3.05, 3.63) is 108 Å². The normalized spacial score (nSPS) is 12.1. The summed E-state index contributed by atoms with van der Waals surface area (Å²) in [4.78, 5) is 2.21. The maximum atomic E-state index is 14.5. The summed E-state index contributed by atoms with van der Waals surface area (Å²) in [6, 6.07) is 26.1. The van der Waals surface area contributed by atoms with Gasteiger partial charge in [-0.3, -0.25) is 4.90 Å². The zero-order valence-corrected chi connectivity index (χ0v) is 20.3. The molecular formula is C29H32FN3O2. The van der Waals surface area contributed by atoms with Crippen LogP contribution in [0.15, 0.2) is 84.9 Å². The molecule has 3 aromatic carbocycles. The Balaban J connectivity index is 1.63. The molecule has 0 unspecified atom stereocenters. The Morgan fingerprint density at radius 2 is 1.63 bits per heavy atom. The van der Waals surface area contributed by atoms with Crippen molar-refractivity contribution < 1.29 is 14.2 Å². The number of aliphatic hydroxyl groups is 1. The molecule has 1 heterocycles. The minimum atomic E-state index is -0.510. The first kappa shape index (κ1) is 24.6. The third-order valence-corrected chi connectivity index (χ3v) is 5.89. The van der Waals surface area contributed by atoms with Gasteiger partial charge in [-0.15, -0.1) is 0 Å². The van der Waals surface area contributed by atoms with Crippen molar-refractivity contribution in [2.75, 3.05) is 13.1 Å². The summed E-state index contributed by atoms with van der Waals surface area (Å²) < 4.78 is 22.4. The molecule has 0 bridgehead atoms. The van der Waals surface area contributed by atoms with E-state index in [1.807, 2.05) is 67.6 Å². The van der Waals surface area contributed by atoms with Crippen molar-refractivity contribution in [1.29, 1.82) is 0 Å². The lowest BCUT2D eigenvalue weighted by Gasteiger charge is -2.25. The minimum absolute atomic E-state index is 0.150. The van der Waals surface area contributed by atoms with Crippen LogP contribution in [0, 0.1) is 12.7 Å². The van der Waals surface area contributed by atoms with Gasteiger partial charge >= 0.3 is 0 Å². The maximum absolute atomic E-state index is 14.5. The molecule has 0 amide bonds. The fourth-order valence-electron chi connectivity index (χ4n) is 4.22. The molecular weight excluding hydrogens is 441 g/mol. The summed E-state index contributed by atoms with van der Waals surface area (Å²) in [5, 5.41) is 15.6. The van der Waals surface area contributed by atoms with E-state index in [1.165, 1.54) is 6.07 Å². The van der Waals surface area contributed by atoms with Crippen LogP contribution in [-0.4, -0.2) is 39.0 Å². The maximum Gasteiger partial charge on any atom is 0.227 e. The number of benzene rings is 3. The number of hydrogen-bond donors (Lipinski definition) is 1. The Labute approximate surface area is 206 Å². The van der Waals surface area contributed by atoms with Crippen molar-refractivity contribution >= 4 is 0 Å². The van der Waals surface area contributed by atoms with Gasteiger partial charge in [-0.2, -0.15) is 5.10 Å². The number of rotatable bonds is 11. The van der Waals surface area contributed by atoms with E-state index in [1.54, 1.807) is 22.9 Å². The summed E-state index contributed by atoms with van der Waals surface area (Å²) in [5.74, 6) is 0.204. The van der Waals surface area contributed by atoms with Crippen molar-refractivity contribution in [2.24, 2.45) is 0 Å². The number of nitrogens with zero attached hydrogens (tertiary/aromatic N) is 3. The molecule has 5 nitrogen and oxygen atoms in total. The summed E-state index contributed by atoms with van der Waals surface area (Å²) >= 11 is 0. The number of hydrogen-bond acceptors (Lipinski definition) is 4. The summed E-state index contributed by atoms with van der Waals surface area (Å²) in [5.41, 5.74) is 3.61. The van der Waals surface area contributed by atoms with Gasteiger partial charge in [0.1, 0.15) is 0 Å². The standard InChI is InChI=1S/C29H32FN3O2/c1-3-18-32(20-25(34)19-23-12-6-4-7-13-23)21-26-22(2)31-33(24-14-8-5-9-15-24)29(26)35-28-17-11-10-16-27(28)30/h4-17,25,34H,3,18-21H2,1-2H3/t25-/m0/s1. The Morgan fingerprint density at radius 1 is 0.971 bits per heavy atom. The highest BCUT2D eigenvalue weighted by molar-refractivity contribution is 5.43. The van der Waals surface area contributed by atoms with E-state index >= 15 is 0 Å². The van der Waals surface area contributed by atoms with E-state index in [0.717, 1.165) is 35.5 Å². The van der Waals surface area contributed by atoms with Gasteiger partial charge < -0.3 is 9.84 Å². The number of aliphatic hydroxyl groups excluding tert-OH is 1. The Bertz CT molecular complexity index is 1210. The predicted octanol–water partition coefficient (Wildman–Crippen LogP) is 5.93. The van der Waals surface area contributed by atoms with Crippen molar-refractivity contribution in [2.45, 2.75) is 39.3 Å². The minimum Gasteiger partial charge on any atom is -0.435 e. The highest BCUT2D eigenvalue weighted by Gasteiger charge is 2.23. The van der Waals surface area contributed by atoms with Gasteiger partial charge in [0.15, 0.2) is 11.6 Å². The lowest BCUT2D eigenvalue weighted by atomic mass is 10.1. The van der Waals surface area contributed by atoms with Gasteiger partial charge in [0.05, 0.1) is 23.0 Å². The van der Waals surface area contributed by atoms with Crippen molar-refractivity contribution in [3.63, 3.8) is 0 Å². The average molecular weight is 474 g/mol. The predicted molar refractivity (Wildman–Crippen MR) is 136 cm³/mol. The van der Waals surface area contributed by atoms with Crippen LogP contribution in [0.2, 0.25) is 0 Å². The van der Waals surface area contributed by atoms with Gasteiger partial charge in [-0.1, -0.05) is 67.6 Å². The van der Waals surface area contributed by atoms with Gasteiger partial charge in [0, 0.05) is 13.1 Å². The number of aromatic nitrogens is 2. The van der Waals surface area contributed by atoms with E-state index in [2.05, 4.69) is 11.8 Å². The average Bonchev–Trinajstić information content (AvgIpc) is 3.16. The Hall–Kier alpha value is -3.48. The molecule has 0 aliphatic carbocycles. The van der Waals surface area contributed by atoms with Crippen LogP contribution in [-0.2, 0) is 13.0 Å². The molecule has 4 rings (SSSR count).